The number of benzene rings is 2. The van der Waals surface area contributed by atoms with Crippen molar-refractivity contribution >= 4 is 45.9 Å². The summed E-state index contributed by atoms with van der Waals surface area (Å²) in [4.78, 5) is 29.4. The van der Waals surface area contributed by atoms with E-state index in [9.17, 15) is 9.59 Å². The number of aromatic nitrogens is 2. The van der Waals surface area contributed by atoms with Crippen molar-refractivity contribution < 1.29 is 4.79 Å². The lowest BCUT2D eigenvalue weighted by molar-refractivity contribution is -0.113. The number of fused-ring (bicyclic) bond motifs is 1. The maximum atomic E-state index is 12.7. The van der Waals surface area contributed by atoms with Gasteiger partial charge in [-0.3, -0.25) is 14.2 Å². The lowest BCUT2D eigenvalue weighted by Gasteiger charge is -2.11. The molecule has 0 saturated carbocycles. The summed E-state index contributed by atoms with van der Waals surface area (Å²) in [5, 5.41) is 4.19. The van der Waals surface area contributed by atoms with Gasteiger partial charge in [0.05, 0.1) is 16.7 Å². The summed E-state index contributed by atoms with van der Waals surface area (Å²) in [7, 11) is 0. The lowest BCUT2D eigenvalue weighted by Crippen LogP contribution is -2.23. The van der Waals surface area contributed by atoms with E-state index in [-0.39, 0.29) is 17.2 Å². The van der Waals surface area contributed by atoms with Gasteiger partial charge < -0.3 is 5.32 Å². The first-order valence-corrected chi connectivity index (χ1v) is 9.23. The molecule has 0 radical (unpaired) electrons. The largest absolute Gasteiger partial charge is 0.325 e. The Kier molecular flexibility index (Phi) is 5.75. The Morgan fingerprint density at radius 2 is 2.04 bits per heavy atom. The molecule has 0 saturated heterocycles. The highest BCUT2D eigenvalue weighted by atomic mass is 35.5. The monoisotopic (exact) mass is 385 g/mol. The number of carbonyl (C=O) groups excluding carboxylic acids is 1. The Bertz CT molecular complexity index is 1020. The second-order valence-corrected chi connectivity index (χ2v) is 6.84. The molecule has 1 heterocycles. The molecule has 132 valence electrons. The van der Waals surface area contributed by atoms with Gasteiger partial charge in [-0.1, -0.05) is 47.6 Å². The van der Waals surface area contributed by atoms with Crippen molar-refractivity contribution in [2.45, 2.75) is 11.7 Å². The molecule has 0 bridgehead atoms. The van der Waals surface area contributed by atoms with Crippen LogP contribution in [-0.4, -0.2) is 21.2 Å². The first kappa shape index (κ1) is 18.2. The number of nitrogens with one attached hydrogen (secondary N) is 1. The molecule has 26 heavy (non-hydrogen) atoms. The normalized spacial score (nSPS) is 10.7. The maximum absolute atomic E-state index is 12.7. The van der Waals surface area contributed by atoms with Gasteiger partial charge in [0.25, 0.3) is 5.56 Å². The third-order valence-electron chi connectivity index (χ3n) is 3.58. The van der Waals surface area contributed by atoms with Crippen molar-refractivity contribution in [3.8, 4) is 0 Å². The molecule has 2 aromatic carbocycles. The van der Waals surface area contributed by atoms with Crippen LogP contribution >= 0.6 is 23.4 Å². The number of carbonyl (C=O) groups is 1. The number of para-hydroxylation sites is 1. The molecule has 0 aliphatic rings. The van der Waals surface area contributed by atoms with Crippen LogP contribution in [0, 0.1) is 0 Å². The molecular weight excluding hydrogens is 370 g/mol. The molecule has 0 spiro atoms. The van der Waals surface area contributed by atoms with Crippen molar-refractivity contribution in [1.29, 1.82) is 0 Å². The van der Waals surface area contributed by atoms with Crippen LogP contribution < -0.4 is 10.9 Å². The van der Waals surface area contributed by atoms with Gasteiger partial charge in [0, 0.05) is 17.3 Å². The van der Waals surface area contributed by atoms with E-state index in [0.29, 0.717) is 27.6 Å². The van der Waals surface area contributed by atoms with E-state index in [0.717, 1.165) is 5.69 Å². The summed E-state index contributed by atoms with van der Waals surface area (Å²) in [6.07, 6.45) is 1.62. The standard InChI is InChI=1S/C19H16ClN3O2S/c1-2-10-23-18(25)15-11-13(20)8-9-16(15)22-19(23)26-12-17(24)21-14-6-4-3-5-7-14/h2-9,11H,1,10,12H2,(H,21,24). The Morgan fingerprint density at radius 3 is 2.77 bits per heavy atom. The zero-order valence-corrected chi connectivity index (χ0v) is 15.4. The number of rotatable bonds is 6. The first-order chi connectivity index (χ1) is 12.6. The van der Waals surface area contributed by atoms with Crippen LogP contribution in [0.15, 0.2) is 71.1 Å². The fourth-order valence-electron chi connectivity index (χ4n) is 2.42. The summed E-state index contributed by atoms with van der Waals surface area (Å²) < 4.78 is 1.49. The predicted molar refractivity (Wildman–Crippen MR) is 107 cm³/mol. The topological polar surface area (TPSA) is 64.0 Å². The Morgan fingerprint density at radius 1 is 1.27 bits per heavy atom. The number of allylic oxidation sites excluding steroid dienone is 1. The molecule has 0 unspecified atom stereocenters. The second-order valence-electron chi connectivity index (χ2n) is 5.46. The SMILES string of the molecule is C=CCn1c(SCC(=O)Nc2ccccc2)nc2ccc(Cl)cc2c1=O. The fourth-order valence-corrected chi connectivity index (χ4v) is 3.40. The van der Waals surface area contributed by atoms with Gasteiger partial charge in [0.15, 0.2) is 5.16 Å². The predicted octanol–water partition coefficient (Wildman–Crippen LogP) is 3.97. The summed E-state index contributed by atoms with van der Waals surface area (Å²) >= 11 is 7.19. The molecule has 0 aliphatic heterocycles. The minimum atomic E-state index is -0.205. The highest BCUT2D eigenvalue weighted by molar-refractivity contribution is 7.99. The highest BCUT2D eigenvalue weighted by Crippen LogP contribution is 2.20. The van der Waals surface area contributed by atoms with Gasteiger partial charge in [0.1, 0.15) is 0 Å². The summed E-state index contributed by atoms with van der Waals surface area (Å²) in [5.41, 5.74) is 1.07. The molecule has 1 aromatic heterocycles. The molecular formula is C19H16ClN3O2S. The van der Waals surface area contributed by atoms with Crippen molar-refractivity contribution in [2.75, 3.05) is 11.1 Å². The summed E-state index contributed by atoms with van der Waals surface area (Å²) in [5.74, 6) is -0.0331. The Hall–Kier alpha value is -2.57. The number of thioether (sulfide) groups is 1. The van der Waals surface area contributed by atoms with Crippen molar-refractivity contribution in [2.24, 2.45) is 0 Å². The minimum absolute atomic E-state index is 0.136. The van der Waals surface area contributed by atoms with Crippen molar-refractivity contribution in [3.63, 3.8) is 0 Å². The molecule has 1 amide bonds. The molecule has 5 nitrogen and oxygen atoms in total. The van der Waals surface area contributed by atoms with Gasteiger partial charge >= 0.3 is 0 Å². The number of halogens is 1. The molecule has 7 heteroatoms. The third-order valence-corrected chi connectivity index (χ3v) is 4.79. The smallest absolute Gasteiger partial charge is 0.262 e. The summed E-state index contributed by atoms with van der Waals surface area (Å²) in [6.45, 7) is 3.99. The highest BCUT2D eigenvalue weighted by Gasteiger charge is 2.13. The summed E-state index contributed by atoms with van der Waals surface area (Å²) in [6, 6.07) is 14.2. The average molecular weight is 386 g/mol. The first-order valence-electron chi connectivity index (χ1n) is 7.87. The van der Waals surface area contributed by atoms with E-state index >= 15 is 0 Å². The second kappa shape index (κ2) is 8.21. The molecule has 3 aromatic rings. The van der Waals surface area contributed by atoms with Gasteiger partial charge in [-0.2, -0.15) is 0 Å². The molecule has 0 aliphatic carbocycles. The van der Waals surface area contributed by atoms with Crippen molar-refractivity contribution in [3.05, 3.63) is 76.6 Å². The molecule has 1 N–H and O–H groups in total. The van der Waals surface area contributed by atoms with Crippen LogP contribution in [0.25, 0.3) is 10.9 Å². The maximum Gasteiger partial charge on any atom is 0.262 e. The average Bonchev–Trinajstić information content (AvgIpc) is 2.64. The lowest BCUT2D eigenvalue weighted by atomic mass is 10.2. The third kappa shape index (κ3) is 4.15. The van der Waals surface area contributed by atoms with Crippen LogP contribution in [0.5, 0.6) is 0 Å². The zero-order valence-electron chi connectivity index (χ0n) is 13.8. The van der Waals surface area contributed by atoms with Gasteiger partial charge in [-0.25, -0.2) is 4.98 Å². The van der Waals surface area contributed by atoms with Crippen LogP contribution in [0.4, 0.5) is 5.69 Å². The van der Waals surface area contributed by atoms with E-state index in [4.69, 9.17) is 11.6 Å². The van der Waals surface area contributed by atoms with Gasteiger partial charge in [-0.05, 0) is 30.3 Å². The van der Waals surface area contributed by atoms with Crippen LogP contribution in [0.3, 0.4) is 0 Å². The van der Waals surface area contributed by atoms with Crippen LogP contribution in [-0.2, 0) is 11.3 Å². The van der Waals surface area contributed by atoms with E-state index in [2.05, 4.69) is 16.9 Å². The molecule has 0 fully saturated rings. The van der Waals surface area contributed by atoms with Crippen molar-refractivity contribution in [1.82, 2.24) is 9.55 Å². The Balaban J connectivity index is 1.85. The minimum Gasteiger partial charge on any atom is -0.325 e. The molecule has 0 atom stereocenters. The zero-order chi connectivity index (χ0) is 18.5. The number of anilines is 1. The fraction of sp³-hybridized carbons (Fsp3) is 0.105. The number of nitrogens with zero attached hydrogens (tertiary/aromatic N) is 2. The number of hydrogen-bond donors (Lipinski definition) is 1. The van der Waals surface area contributed by atoms with Gasteiger partial charge in [0.2, 0.25) is 5.91 Å². The van der Waals surface area contributed by atoms with Gasteiger partial charge in [-0.15, -0.1) is 6.58 Å². The van der Waals surface area contributed by atoms with E-state index in [1.54, 1.807) is 24.3 Å². The van der Waals surface area contributed by atoms with E-state index in [1.807, 2.05) is 30.3 Å². The van der Waals surface area contributed by atoms with Crippen LogP contribution in [0.1, 0.15) is 0 Å². The molecule has 3 rings (SSSR count). The van der Waals surface area contributed by atoms with E-state index in [1.165, 1.54) is 16.3 Å². The Labute approximate surface area is 159 Å². The van der Waals surface area contributed by atoms with Crippen LogP contribution in [0.2, 0.25) is 5.02 Å². The number of hydrogen-bond acceptors (Lipinski definition) is 4. The number of amides is 1. The quantitative estimate of drug-likeness (QED) is 0.396. The van der Waals surface area contributed by atoms with E-state index < -0.39 is 0 Å².